The van der Waals surface area contributed by atoms with E-state index in [2.05, 4.69) is 20.9 Å². The lowest BCUT2D eigenvalue weighted by atomic mass is 9.89. The number of hydrogen-bond acceptors (Lipinski definition) is 3. The van der Waals surface area contributed by atoms with E-state index in [4.69, 9.17) is 10.5 Å². The zero-order chi connectivity index (χ0) is 26.9. The highest BCUT2D eigenvalue weighted by molar-refractivity contribution is 9.10. The van der Waals surface area contributed by atoms with Gasteiger partial charge in [-0.1, -0.05) is 76.6 Å². The van der Waals surface area contributed by atoms with Crippen LogP contribution in [0.4, 0.5) is 13.2 Å². The van der Waals surface area contributed by atoms with Crippen LogP contribution in [0.1, 0.15) is 33.9 Å². The highest BCUT2D eigenvalue weighted by atomic mass is 79.9. The van der Waals surface area contributed by atoms with Crippen molar-refractivity contribution in [1.82, 2.24) is 4.98 Å². The predicted molar refractivity (Wildman–Crippen MR) is 148 cm³/mol. The van der Waals surface area contributed by atoms with Gasteiger partial charge in [-0.15, -0.1) is 0 Å². The Kier molecular flexibility index (Phi) is 7.23. The van der Waals surface area contributed by atoms with Crippen molar-refractivity contribution < 1.29 is 17.9 Å². The van der Waals surface area contributed by atoms with Crippen LogP contribution in [0.15, 0.2) is 102 Å². The minimum absolute atomic E-state index is 0.0739. The van der Waals surface area contributed by atoms with E-state index >= 15 is 0 Å². The van der Waals surface area contributed by atoms with Crippen LogP contribution in [0.3, 0.4) is 0 Å². The molecule has 5 rings (SSSR count). The minimum atomic E-state index is -4.52. The molecule has 1 aromatic heterocycles. The number of hydrogen-bond donors (Lipinski definition) is 1. The van der Waals surface area contributed by atoms with Gasteiger partial charge in [0.1, 0.15) is 5.75 Å². The molecule has 38 heavy (non-hydrogen) atoms. The maximum Gasteiger partial charge on any atom is 0.418 e. The molecular weight excluding hydrogens is 553 g/mol. The number of pyridine rings is 1. The lowest BCUT2D eigenvalue weighted by Crippen LogP contribution is -2.13. The van der Waals surface area contributed by atoms with Crippen LogP contribution < -0.4 is 10.5 Å². The fourth-order valence-electron chi connectivity index (χ4n) is 4.80. The molecule has 0 fully saturated rings. The maximum atomic E-state index is 13.9. The quantitative estimate of drug-likeness (QED) is 0.221. The summed E-state index contributed by atoms with van der Waals surface area (Å²) in [5, 5.41) is 0.444. The summed E-state index contributed by atoms with van der Waals surface area (Å²) in [6, 6.07) is 26.7. The lowest BCUT2D eigenvalue weighted by molar-refractivity contribution is -0.136. The first-order valence-corrected chi connectivity index (χ1v) is 12.8. The Bertz CT molecular complexity index is 1600. The first kappa shape index (κ1) is 25.9. The zero-order valence-corrected chi connectivity index (χ0v) is 22.1. The van der Waals surface area contributed by atoms with Gasteiger partial charge in [0.2, 0.25) is 0 Å². The van der Waals surface area contributed by atoms with Gasteiger partial charge in [-0.3, -0.25) is 4.98 Å². The van der Waals surface area contributed by atoms with E-state index in [-0.39, 0.29) is 5.52 Å². The van der Waals surface area contributed by atoms with Crippen molar-refractivity contribution in [3.05, 3.63) is 129 Å². The van der Waals surface area contributed by atoms with Crippen molar-refractivity contribution in [2.75, 3.05) is 7.11 Å². The number of para-hydroxylation sites is 1. The Morgan fingerprint density at radius 1 is 0.921 bits per heavy atom. The van der Waals surface area contributed by atoms with Crippen molar-refractivity contribution >= 4 is 26.8 Å². The summed E-state index contributed by atoms with van der Waals surface area (Å²) < 4.78 is 48.1. The topological polar surface area (TPSA) is 48.1 Å². The normalized spacial score (nSPS) is 12.5. The number of rotatable bonds is 6. The van der Waals surface area contributed by atoms with Crippen LogP contribution in [0.2, 0.25) is 0 Å². The molecule has 5 aromatic rings. The summed E-state index contributed by atoms with van der Waals surface area (Å²) in [5.41, 5.74) is 10.8. The largest absolute Gasteiger partial charge is 0.496 e. The first-order valence-electron chi connectivity index (χ1n) is 12.0. The number of nitrogens with two attached hydrogens (primary N) is 1. The van der Waals surface area contributed by atoms with Gasteiger partial charge in [0, 0.05) is 21.6 Å². The van der Waals surface area contributed by atoms with Crippen molar-refractivity contribution in [2.45, 2.75) is 18.6 Å². The molecule has 0 bridgehead atoms. The van der Waals surface area contributed by atoms with Crippen molar-refractivity contribution in [3.63, 3.8) is 0 Å². The molecule has 0 saturated heterocycles. The van der Waals surface area contributed by atoms with Gasteiger partial charge < -0.3 is 10.5 Å². The van der Waals surface area contributed by atoms with E-state index in [0.29, 0.717) is 23.1 Å². The monoisotopic (exact) mass is 576 g/mol. The molecule has 4 aromatic carbocycles. The van der Waals surface area contributed by atoms with Crippen LogP contribution in [0.25, 0.3) is 22.0 Å². The van der Waals surface area contributed by atoms with Crippen LogP contribution in [-0.2, 0) is 12.6 Å². The molecular formula is C31H24BrF3N2O. The smallest absolute Gasteiger partial charge is 0.418 e. The van der Waals surface area contributed by atoms with Gasteiger partial charge in [-0.25, -0.2) is 0 Å². The van der Waals surface area contributed by atoms with E-state index in [1.807, 2.05) is 72.8 Å². The number of benzene rings is 4. The lowest BCUT2D eigenvalue weighted by Gasteiger charge is -2.19. The van der Waals surface area contributed by atoms with E-state index in [9.17, 15) is 13.2 Å². The van der Waals surface area contributed by atoms with Crippen molar-refractivity contribution in [1.29, 1.82) is 0 Å². The van der Waals surface area contributed by atoms with Crippen molar-refractivity contribution in [2.24, 2.45) is 5.73 Å². The highest BCUT2D eigenvalue weighted by Gasteiger charge is 2.33. The number of ether oxygens (including phenoxy) is 1. The minimum Gasteiger partial charge on any atom is -0.496 e. The number of fused-ring (bicyclic) bond motifs is 1. The van der Waals surface area contributed by atoms with Gasteiger partial charge in [0.15, 0.2) is 0 Å². The van der Waals surface area contributed by atoms with Gasteiger partial charge in [-0.2, -0.15) is 13.2 Å². The molecule has 1 atom stereocenters. The van der Waals surface area contributed by atoms with Crippen molar-refractivity contribution in [3.8, 4) is 16.9 Å². The van der Waals surface area contributed by atoms with Gasteiger partial charge in [0.05, 0.1) is 24.2 Å². The summed E-state index contributed by atoms with van der Waals surface area (Å²) in [4.78, 5) is 4.30. The van der Waals surface area contributed by atoms with Crippen LogP contribution in [0, 0.1) is 0 Å². The number of alkyl halides is 3. The molecule has 192 valence electrons. The molecule has 2 N–H and O–H groups in total. The number of halogens is 4. The Labute approximate surface area is 227 Å². The fraction of sp³-hybridized carbons (Fsp3) is 0.129. The number of nitrogens with zero attached hydrogens (tertiary/aromatic N) is 1. The number of aromatic nitrogens is 1. The molecule has 0 aliphatic carbocycles. The average Bonchev–Trinajstić information content (AvgIpc) is 2.92. The van der Waals surface area contributed by atoms with Crippen LogP contribution in [0.5, 0.6) is 5.75 Å². The molecule has 0 aliphatic heterocycles. The molecule has 0 aliphatic rings. The SMILES string of the molecule is COc1ccc(Br)cc1C(N)c1cccc(-c2c(Cc3ccccc3)cnc3c(C(F)(F)F)cccc23)c1. The molecule has 0 saturated carbocycles. The standard InChI is InChI=1S/C31H24BrF3N2O/c1-38-27-14-13-23(32)17-25(27)29(36)21-10-5-9-20(16-21)28-22(15-19-7-3-2-4-8-19)18-37-30-24(28)11-6-12-26(30)31(33,34)35/h2-14,16-18,29H,15,36H2,1H3. The summed E-state index contributed by atoms with van der Waals surface area (Å²) in [5.74, 6) is 0.653. The third-order valence-corrected chi connectivity index (χ3v) is 7.07. The molecule has 0 radical (unpaired) electrons. The Hall–Kier alpha value is -3.68. The van der Waals surface area contributed by atoms with Gasteiger partial charge >= 0.3 is 6.18 Å². The molecule has 0 spiro atoms. The van der Waals surface area contributed by atoms with Crippen LogP contribution in [-0.4, -0.2) is 12.1 Å². The second kappa shape index (κ2) is 10.6. The van der Waals surface area contributed by atoms with E-state index < -0.39 is 17.8 Å². The van der Waals surface area contributed by atoms with Gasteiger partial charge in [-0.05, 0) is 64.6 Å². The first-order chi connectivity index (χ1) is 18.3. The fourth-order valence-corrected chi connectivity index (χ4v) is 5.18. The summed E-state index contributed by atoms with van der Waals surface area (Å²) in [7, 11) is 1.59. The molecule has 0 amide bonds. The maximum absolute atomic E-state index is 13.9. The third kappa shape index (κ3) is 5.17. The average molecular weight is 577 g/mol. The summed E-state index contributed by atoms with van der Waals surface area (Å²) in [6.07, 6.45) is -2.44. The van der Waals surface area contributed by atoms with E-state index in [0.717, 1.165) is 38.4 Å². The highest BCUT2D eigenvalue weighted by Crippen LogP contribution is 2.40. The third-order valence-electron chi connectivity index (χ3n) is 6.58. The molecule has 3 nitrogen and oxygen atoms in total. The Morgan fingerprint density at radius 2 is 1.68 bits per heavy atom. The molecule has 1 heterocycles. The summed E-state index contributed by atoms with van der Waals surface area (Å²) >= 11 is 3.50. The van der Waals surface area contributed by atoms with Gasteiger partial charge in [0.25, 0.3) is 0 Å². The zero-order valence-electron chi connectivity index (χ0n) is 20.5. The Balaban J connectivity index is 1.70. The predicted octanol–water partition coefficient (Wildman–Crippen LogP) is 8.33. The number of methoxy groups -OCH3 is 1. The summed E-state index contributed by atoms with van der Waals surface area (Å²) in [6.45, 7) is 0. The second-order valence-electron chi connectivity index (χ2n) is 9.01. The molecule has 1 unspecified atom stereocenters. The Morgan fingerprint density at radius 3 is 2.42 bits per heavy atom. The van der Waals surface area contributed by atoms with E-state index in [1.165, 1.54) is 6.07 Å². The second-order valence-corrected chi connectivity index (χ2v) is 9.93. The molecule has 7 heteroatoms. The van der Waals surface area contributed by atoms with E-state index in [1.54, 1.807) is 19.4 Å². The van der Waals surface area contributed by atoms with Crippen LogP contribution >= 0.6 is 15.9 Å².